The molecule has 0 radical (unpaired) electrons. The van der Waals surface area contributed by atoms with Crippen LogP contribution in [0.4, 0.5) is 0 Å². The minimum Gasteiger partial charge on any atom is -0.326 e. The van der Waals surface area contributed by atoms with Crippen molar-refractivity contribution in [3.63, 3.8) is 0 Å². The summed E-state index contributed by atoms with van der Waals surface area (Å²) in [5.74, 6) is -0.221. The molecule has 0 aliphatic carbocycles. The number of fused-ring (bicyclic) bond motifs is 1. The van der Waals surface area contributed by atoms with Crippen LogP contribution >= 0.6 is 0 Å². The van der Waals surface area contributed by atoms with Crippen LogP contribution in [0.3, 0.4) is 0 Å². The minimum absolute atomic E-state index is 0.0779. The average Bonchev–Trinajstić information content (AvgIpc) is 2.97. The van der Waals surface area contributed by atoms with Crippen LogP contribution in [0.5, 0.6) is 0 Å². The number of hydrazine groups is 3. The SMILES string of the molecule is Cn1nc(CC(=O)NC2NNNN2)c2ccccc2c1=O. The Labute approximate surface area is 119 Å². The standard InChI is InChI=1S/C12H15N7O2/c1-19-11(21)8-5-3-2-4-7(8)9(16-19)6-10(20)13-12-14-17-18-15-12/h2-5,12,14-15,17-18H,6H2,1H3,(H,13,20). The lowest BCUT2D eigenvalue weighted by Crippen LogP contribution is -2.50. The highest BCUT2D eigenvalue weighted by Crippen LogP contribution is 2.13. The number of hydrogen-bond acceptors (Lipinski definition) is 7. The van der Waals surface area contributed by atoms with E-state index in [0.29, 0.717) is 16.5 Å². The van der Waals surface area contributed by atoms with Gasteiger partial charge in [0.1, 0.15) is 0 Å². The molecule has 1 amide bonds. The summed E-state index contributed by atoms with van der Waals surface area (Å²) in [5.41, 5.74) is 11.1. The average molecular weight is 289 g/mol. The van der Waals surface area contributed by atoms with Crippen molar-refractivity contribution in [2.75, 3.05) is 0 Å². The normalized spacial score (nSPS) is 15.5. The van der Waals surface area contributed by atoms with E-state index >= 15 is 0 Å². The number of amides is 1. The van der Waals surface area contributed by atoms with E-state index in [0.717, 1.165) is 0 Å². The summed E-state index contributed by atoms with van der Waals surface area (Å²) >= 11 is 0. The van der Waals surface area contributed by atoms with Crippen LogP contribution < -0.4 is 32.8 Å². The first kappa shape index (κ1) is 13.6. The van der Waals surface area contributed by atoms with Crippen molar-refractivity contribution in [3.8, 4) is 0 Å². The summed E-state index contributed by atoms with van der Waals surface area (Å²) in [6, 6.07) is 7.13. The minimum atomic E-state index is -0.420. The molecule has 2 aromatic rings. The topological polar surface area (TPSA) is 112 Å². The molecule has 0 atom stereocenters. The van der Waals surface area contributed by atoms with E-state index in [2.05, 4.69) is 32.3 Å². The molecule has 1 aliphatic heterocycles. The highest BCUT2D eigenvalue weighted by atomic mass is 16.2. The molecule has 21 heavy (non-hydrogen) atoms. The smallest absolute Gasteiger partial charge is 0.274 e. The number of hydrogen-bond donors (Lipinski definition) is 5. The molecule has 1 fully saturated rings. The number of nitrogens with one attached hydrogen (secondary N) is 5. The van der Waals surface area contributed by atoms with Crippen molar-refractivity contribution in [1.82, 2.24) is 37.0 Å². The predicted molar refractivity (Wildman–Crippen MR) is 75.2 cm³/mol. The van der Waals surface area contributed by atoms with Gasteiger partial charge in [-0.05, 0) is 6.07 Å². The third kappa shape index (κ3) is 2.76. The quantitative estimate of drug-likeness (QED) is 0.444. The van der Waals surface area contributed by atoms with Crippen molar-refractivity contribution >= 4 is 16.7 Å². The van der Waals surface area contributed by atoms with E-state index in [1.807, 2.05) is 6.07 Å². The number of aromatic nitrogens is 2. The Hall–Kier alpha value is -2.33. The van der Waals surface area contributed by atoms with E-state index in [4.69, 9.17) is 0 Å². The van der Waals surface area contributed by atoms with Crippen LogP contribution in [-0.2, 0) is 18.3 Å². The lowest BCUT2D eigenvalue weighted by molar-refractivity contribution is -0.121. The Morgan fingerprint density at radius 3 is 2.67 bits per heavy atom. The Balaban J connectivity index is 1.88. The van der Waals surface area contributed by atoms with E-state index in [1.165, 1.54) is 4.68 Å². The molecule has 1 aromatic heterocycles. The lowest BCUT2D eigenvalue weighted by atomic mass is 10.1. The Kier molecular flexibility index (Phi) is 3.62. The summed E-state index contributed by atoms with van der Waals surface area (Å²) in [4.78, 5) is 24.0. The Bertz CT molecular complexity index is 736. The second-order valence-corrected chi connectivity index (χ2v) is 4.64. The maximum absolute atomic E-state index is 12.0. The molecular formula is C12H15N7O2. The molecule has 0 spiro atoms. The number of rotatable bonds is 3. The van der Waals surface area contributed by atoms with Gasteiger partial charge in [-0.3, -0.25) is 9.59 Å². The molecule has 9 heteroatoms. The third-order valence-corrected chi connectivity index (χ3v) is 3.16. The number of carbonyl (C=O) groups excluding carboxylic acids is 1. The van der Waals surface area contributed by atoms with Gasteiger partial charge in [-0.2, -0.15) is 16.2 Å². The van der Waals surface area contributed by atoms with Gasteiger partial charge in [0.15, 0.2) is 6.29 Å². The zero-order valence-electron chi connectivity index (χ0n) is 11.3. The van der Waals surface area contributed by atoms with Crippen LogP contribution in [0.2, 0.25) is 0 Å². The van der Waals surface area contributed by atoms with Gasteiger partial charge in [0.2, 0.25) is 5.91 Å². The van der Waals surface area contributed by atoms with Gasteiger partial charge in [-0.15, -0.1) is 0 Å². The van der Waals surface area contributed by atoms with Gasteiger partial charge in [-0.1, -0.05) is 18.2 Å². The first-order valence-corrected chi connectivity index (χ1v) is 6.40. The first-order chi connectivity index (χ1) is 10.1. The number of aryl methyl sites for hydroxylation is 1. The van der Waals surface area contributed by atoms with Crippen LogP contribution in [0, 0.1) is 0 Å². The van der Waals surface area contributed by atoms with Crippen molar-refractivity contribution in [3.05, 3.63) is 40.3 Å². The summed E-state index contributed by atoms with van der Waals surface area (Å²) < 4.78 is 1.25. The van der Waals surface area contributed by atoms with Crippen LogP contribution in [-0.4, -0.2) is 22.0 Å². The summed E-state index contributed by atoms with van der Waals surface area (Å²) in [6.07, 6.45) is -0.342. The zero-order valence-corrected chi connectivity index (χ0v) is 11.3. The molecule has 0 bridgehead atoms. The molecule has 0 saturated carbocycles. The van der Waals surface area contributed by atoms with Gasteiger partial charge >= 0.3 is 0 Å². The Morgan fingerprint density at radius 1 is 1.29 bits per heavy atom. The van der Waals surface area contributed by atoms with E-state index < -0.39 is 6.29 Å². The Morgan fingerprint density at radius 2 is 1.95 bits per heavy atom. The predicted octanol–water partition coefficient (Wildman–Crippen LogP) is -2.01. The second kappa shape index (κ2) is 5.58. The molecule has 3 rings (SSSR count). The van der Waals surface area contributed by atoms with Gasteiger partial charge < -0.3 is 5.32 Å². The second-order valence-electron chi connectivity index (χ2n) is 4.64. The van der Waals surface area contributed by atoms with Gasteiger partial charge in [-0.25, -0.2) is 15.5 Å². The van der Waals surface area contributed by atoms with Crippen LogP contribution in [0.15, 0.2) is 29.1 Å². The maximum Gasteiger partial charge on any atom is 0.274 e. The van der Waals surface area contributed by atoms with Crippen LogP contribution in [0.25, 0.3) is 10.8 Å². The molecule has 0 unspecified atom stereocenters. The van der Waals surface area contributed by atoms with Gasteiger partial charge in [0.25, 0.3) is 5.56 Å². The summed E-state index contributed by atoms with van der Waals surface area (Å²) in [5, 5.41) is 8.15. The fourth-order valence-electron chi connectivity index (χ4n) is 2.20. The lowest BCUT2D eigenvalue weighted by Gasteiger charge is -2.12. The van der Waals surface area contributed by atoms with E-state index in [1.54, 1.807) is 25.2 Å². The molecule has 9 nitrogen and oxygen atoms in total. The van der Waals surface area contributed by atoms with E-state index in [9.17, 15) is 9.59 Å². The monoisotopic (exact) mass is 289 g/mol. The van der Waals surface area contributed by atoms with Crippen molar-refractivity contribution in [2.24, 2.45) is 7.05 Å². The van der Waals surface area contributed by atoms with E-state index in [-0.39, 0.29) is 17.9 Å². The first-order valence-electron chi connectivity index (χ1n) is 6.40. The fraction of sp³-hybridized carbons (Fsp3) is 0.250. The zero-order chi connectivity index (χ0) is 14.8. The van der Waals surface area contributed by atoms with Crippen molar-refractivity contribution in [1.29, 1.82) is 0 Å². The fourth-order valence-corrected chi connectivity index (χ4v) is 2.20. The molecule has 110 valence electrons. The molecule has 1 saturated heterocycles. The van der Waals surface area contributed by atoms with Crippen molar-refractivity contribution in [2.45, 2.75) is 12.7 Å². The summed E-state index contributed by atoms with van der Waals surface area (Å²) in [6.45, 7) is 0. The number of nitrogens with zero attached hydrogens (tertiary/aromatic N) is 2. The molecule has 1 aliphatic rings. The van der Waals surface area contributed by atoms with Crippen LogP contribution in [0.1, 0.15) is 5.69 Å². The molecular weight excluding hydrogens is 274 g/mol. The highest BCUT2D eigenvalue weighted by molar-refractivity contribution is 5.88. The number of benzene rings is 1. The van der Waals surface area contributed by atoms with Gasteiger partial charge in [0.05, 0.1) is 17.5 Å². The largest absolute Gasteiger partial charge is 0.326 e. The summed E-state index contributed by atoms with van der Waals surface area (Å²) in [7, 11) is 1.57. The van der Waals surface area contributed by atoms with Gasteiger partial charge in [0, 0.05) is 12.4 Å². The molecule has 1 aromatic carbocycles. The molecule has 2 heterocycles. The van der Waals surface area contributed by atoms with Crippen molar-refractivity contribution < 1.29 is 4.79 Å². The number of carbonyl (C=O) groups is 1. The third-order valence-electron chi connectivity index (χ3n) is 3.16. The maximum atomic E-state index is 12.0. The molecule has 5 N–H and O–H groups in total. The highest BCUT2D eigenvalue weighted by Gasteiger charge is 2.17.